The van der Waals surface area contributed by atoms with Gasteiger partial charge in [-0.1, -0.05) is 0 Å². The Hall–Kier alpha value is -1.75. The lowest BCUT2D eigenvalue weighted by atomic mass is 10.2. The fourth-order valence-electron chi connectivity index (χ4n) is 2.33. The van der Waals surface area contributed by atoms with Crippen molar-refractivity contribution >= 4 is 22.7 Å². The minimum absolute atomic E-state index is 0.287. The van der Waals surface area contributed by atoms with Crippen molar-refractivity contribution in [1.82, 2.24) is 0 Å². The molecule has 5 heteroatoms. The summed E-state index contributed by atoms with van der Waals surface area (Å²) in [4.78, 5) is 2.11. The van der Waals surface area contributed by atoms with E-state index in [0.717, 1.165) is 19.4 Å². The Morgan fingerprint density at radius 2 is 2.25 bits per heavy atom. The van der Waals surface area contributed by atoms with Gasteiger partial charge in [0, 0.05) is 24.7 Å². The monoisotopic (exact) mass is 292 g/mol. The van der Waals surface area contributed by atoms with Gasteiger partial charge in [-0.2, -0.15) is 11.3 Å². The summed E-state index contributed by atoms with van der Waals surface area (Å²) in [5.41, 5.74) is 7.86. The van der Waals surface area contributed by atoms with Crippen LogP contribution in [0.5, 0.6) is 5.75 Å². The maximum Gasteiger partial charge on any atom is 0.148 e. The molecule has 0 amide bonds. The van der Waals surface area contributed by atoms with Crippen LogP contribution in [0.3, 0.4) is 0 Å². The zero-order valence-corrected chi connectivity index (χ0v) is 12.1. The highest BCUT2D eigenvalue weighted by atomic mass is 32.1. The first kappa shape index (κ1) is 13.2. The van der Waals surface area contributed by atoms with Gasteiger partial charge < -0.3 is 15.4 Å². The predicted octanol–water partition coefficient (Wildman–Crippen LogP) is 3.65. The Morgan fingerprint density at radius 3 is 2.85 bits per heavy atom. The van der Waals surface area contributed by atoms with Crippen molar-refractivity contribution in [2.45, 2.75) is 25.4 Å². The minimum Gasteiger partial charge on any atom is -0.495 e. The molecule has 0 bridgehead atoms. The molecule has 0 aliphatic heterocycles. The summed E-state index contributed by atoms with van der Waals surface area (Å²) in [6, 6.07) is 5.54. The fraction of sp³-hybridized carbons (Fsp3) is 0.333. The number of thiophene rings is 1. The lowest BCUT2D eigenvalue weighted by Gasteiger charge is -2.25. The Morgan fingerprint density at radius 1 is 1.45 bits per heavy atom. The maximum absolute atomic E-state index is 14.3. The number of anilines is 2. The molecule has 0 spiro atoms. The number of nitrogen functional groups attached to an aromatic ring is 1. The lowest BCUT2D eigenvalue weighted by molar-refractivity contribution is 0.416. The van der Waals surface area contributed by atoms with E-state index < -0.39 is 0 Å². The topological polar surface area (TPSA) is 38.5 Å². The molecule has 1 aliphatic carbocycles. The van der Waals surface area contributed by atoms with E-state index in [1.54, 1.807) is 24.5 Å². The Bertz CT molecular complexity index is 596. The van der Waals surface area contributed by atoms with Crippen LogP contribution in [-0.2, 0) is 6.54 Å². The molecule has 3 rings (SSSR count). The Balaban J connectivity index is 1.94. The van der Waals surface area contributed by atoms with E-state index in [1.165, 1.54) is 11.6 Å². The highest BCUT2D eigenvalue weighted by Crippen LogP contribution is 2.38. The third kappa shape index (κ3) is 2.58. The van der Waals surface area contributed by atoms with E-state index in [9.17, 15) is 4.39 Å². The lowest BCUT2D eigenvalue weighted by Crippen LogP contribution is -2.26. The normalized spacial score (nSPS) is 14.3. The second-order valence-electron chi connectivity index (χ2n) is 5.04. The first-order valence-corrected chi connectivity index (χ1v) is 7.54. The standard InChI is InChI=1S/C15H17FN2OS/c1-19-15-7-14(12(16)6-13(15)17)18(11-2-3-11)8-10-4-5-20-9-10/h4-7,9,11H,2-3,8,17H2,1H3. The highest BCUT2D eigenvalue weighted by molar-refractivity contribution is 7.07. The first-order valence-electron chi connectivity index (χ1n) is 6.59. The van der Waals surface area contributed by atoms with Crippen LogP contribution in [0.1, 0.15) is 18.4 Å². The van der Waals surface area contributed by atoms with Crippen LogP contribution in [0.4, 0.5) is 15.8 Å². The quantitative estimate of drug-likeness (QED) is 0.855. The van der Waals surface area contributed by atoms with Crippen LogP contribution >= 0.6 is 11.3 Å². The van der Waals surface area contributed by atoms with Gasteiger partial charge in [-0.25, -0.2) is 4.39 Å². The van der Waals surface area contributed by atoms with E-state index in [1.807, 2.05) is 5.38 Å². The molecule has 1 saturated carbocycles. The van der Waals surface area contributed by atoms with Crippen molar-refractivity contribution in [2.75, 3.05) is 17.7 Å². The molecule has 2 N–H and O–H groups in total. The van der Waals surface area contributed by atoms with E-state index in [4.69, 9.17) is 10.5 Å². The molecule has 3 nitrogen and oxygen atoms in total. The molecular weight excluding hydrogens is 275 g/mol. The summed E-state index contributed by atoms with van der Waals surface area (Å²) in [7, 11) is 1.55. The van der Waals surface area contributed by atoms with E-state index >= 15 is 0 Å². The second-order valence-corrected chi connectivity index (χ2v) is 5.82. The van der Waals surface area contributed by atoms with E-state index in [2.05, 4.69) is 16.3 Å². The van der Waals surface area contributed by atoms with Crippen LogP contribution in [0.2, 0.25) is 0 Å². The largest absolute Gasteiger partial charge is 0.495 e. The van der Waals surface area contributed by atoms with Crippen molar-refractivity contribution < 1.29 is 9.13 Å². The van der Waals surface area contributed by atoms with Gasteiger partial charge >= 0.3 is 0 Å². The maximum atomic E-state index is 14.3. The zero-order valence-electron chi connectivity index (χ0n) is 11.3. The van der Waals surface area contributed by atoms with Gasteiger partial charge in [0.25, 0.3) is 0 Å². The van der Waals surface area contributed by atoms with Gasteiger partial charge in [-0.15, -0.1) is 0 Å². The molecule has 1 aromatic heterocycles. The summed E-state index contributed by atoms with van der Waals surface area (Å²) >= 11 is 1.66. The molecule has 106 valence electrons. The number of benzene rings is 1. The molecule has 1 aliphatic rings. The minimum atomic E-state index is -0.287. The smallest absolute Gasteiger partial charge is 0.148 e. The summed E-state index contributed by atoms with van der Waals surface area (Å²) in [6.07, 6.45) is 2.21. The molecule has 1 heterocycles. The molecule has 2 aromatic rings. The Labute approximate surface area is 121 Å². The number of rotatable bonds is 5. The molecule has 0 atom stereocenters. The SMILES string of the molecule is COc1cc(N(Cc2ccsc2)C2CC2)c(F)cc1N. The third-order valence-electron chi connectivity index (χ3n) is 3.53. The number of nitrogens with two attached hydrogens (primary N) is 1. The van der Waals surface area contributed by atoms with Gasteiger partial charge in [0.15, 0.2) is 0 Å². The average molecular weight is 292 g/mol. The fourth-order valence-corrected chi connectivity index (χ4v) is 2.99. The van der Waals surface area contributed by atoms with Gasteiger partial charge in [0.2, 0.25) is 0 Å². The van der Waals surface area contributed by atoms with Gasteiger partial charge in [0.1, 0.15) is 11.6 Å². The van der Waals surface area contributed by atoms with Gasteiger partial charge in [0.05, 0.1) is 18.5 Å². The summed E-state index contributed by atoms with van der Waals surface area (Å²) in [5.74, 6) is 0.239. The third-order valence-corrected chi connectivity index (χ3v) is 4.26. The van der Waals surface area contributed by atoms with Gasteiger partial charge in [-0.3, -0.25) is 0 Å². The van der Waals surface area contributed by atoms with Gasteiger partial charge in [-0.05, 0) is 35.2 Å². The predicted molar refractivity (Wildman–Crippen MR) is 80.9 cm³/mol. The van der Waals surface area contributed by atoms with Crippen molar-refractivity contribution in [1.29, 1.82) is 0 Å². The summed E-state index contributed by atoms with van der Waals surface area (Å²) in [6.45, 7) is 0.720. The van der Waals surface area contributed by atoms with Crippen molar-refractivity contribution in [3.63, 3.8) is 0 Å². The second kappa shape index (κ2) is 5.32. The highest BCUT2D eigenvalue weighted by Gasteiger charge is 2.31. The molecule has 1 aromatic carbocycles. The molecule has 1 fully saturated rings. The molecular formula is C15H17FN2OS. The van der Waals surface area contributed by atoms with Crippen molar-refractivity contribution in [3.8, 4) is 5.75 Å². The number of methoxy groups -OCH3 is 1. The van der Waals surface area contributed by atoms with Crippen molar-refractivity contribution in [3.05, 3.63) is 40.3 Å². The average Bonchev–Trinajstić information content (AvgIpc) is 3.14. The van der Waals surface area contributed by atoms with Crippen LogP contribution in [0.25, 0.3) is 0 Å². The van der Waals surface area contributed by atoms with E-state index in [0.29, 0.717) is 23.2 Å². The summed E-state index contributed by atoms with van der Waals surface area (Å²) < 4.78 is 19.5. The number of halogens is 1. The molecule has 0 saturated heterocycles. The Kier molecular flexibility index (Phi) is 3.53. The number of hydrogen-bond acceptors (Lipinski definition) is 4. The van der Waals surface area contributed by atoms with Crippen LogP contribution in [-0.4, -0.2) is 13.2 Å². The summed E-state index contributed by atoms with van der Waals surface area (Å²) in [5, 5.41) is 4.14. The molecule has 0 unspecified atom stereocenters. The number of ether oxygens (including phenoxy) is 1. The zero-order chi connectivity index (χ0) is 14.1. The van der Waals surface area contributed by atoms with E-state index in [-0.39, 0.29) is 5.82 Å². The van der Waals surface area contributed by atoms with Crippen LogP contribution in [0.15, 0.2) is 29.0 Å². The number of hydrogen-bond donors (Lipinski definition) is 1. The van der Waals surface area contributed by atoms with Crippen LogP contribution in [0, 0.1) is 5.82 Å². The van der Waals surface area contributed by atoms with Crippen molar-refractivity contribution in [2.24, 2.45) is 0 Å². The number of nitrogens with zero attached hydrogens (tertiary/aromatic N) is 1. The molecule has 0 radical (unpaired) electrons. The van der Waals surface area contributed by atoms with Crippen LogP contribution < -0.4 is 15.4 Å². The molecule has 20 heavy (non-hydrogen) atoms. The first-order chi connectivity index (χ1) is 9.69.